The molecule has 0 aromatic heterocycles. The molecule has 2 aromatic rings. The van der Waals surface area contributed by atoms with Crippen molar-refractivity contribution in [1.29, 1.82) is 0 Å². The van der Waals surface area contributed by atoms with Crippen LogP contribution in [0.2, 0.25) is 0 Å². The van der Waals surface area contributed by atoms with E-state index >= 15 is 0 Å². The molecule has 1 amide bonds. The number of thiocarbonyl (C=S) groups is 1. The van der Waals surface area contributed by atoms with Crippen LogP contribution in [0.15, 0.2) is 54.0 Å². The largest absolute Gasteiger partial charge is 0.504 e. The van der Waals surface area contributed by atoms with E-state index in [4.69, 9.17) is 21.7 Å². The molecule has 0 bridgehead atoms. The van der Waals surface area contributed by atoms with Gasteiger partial charge in [-0.3, -0.25) is 9.69 Å². The number of rotatable bonds is 6. The number of anilines is 1. The van der Waals surface area contributed by atoms with Gasteiger partial charge in [0.1, 0.15) is 5.75 Å². The van der Waals surface area contributed by atoms with Crippen LogP contribution < -0.4 is 14.4 Å². The number of hydrogen-bond acceptors (Lipinski definition) is 6. The molecule has 0 spiro atoms. The molecule has 3 rings (SSSR count). The van der Waals surface area contributed by atoms with Gasteiger partial charge in [-0.05, 0) is 42.3 Å². The number of benzene rings is 2. The smallest absolute Gasteiger partial charge is 0.270 e. The van der Waals surface area contributed by atoms with E-state index in [1.165, 1.54) is 23.8 Å². The van der Waals surface area contributed by atoms with Crippen molar-refractivity contribution in [3.8, 4) is 17.2 Å². The van der Waals surface area contributed by atoms with Crippen molar-refractivity contribution in [2.45, 2.75) is 6.42 Å². The minimum atomic E-state index is -0.225. The predicted molar refractivity (Wildman–Crippen MR) is 117 cm³/mol. The number of hydrogen-bond donors (Lipinski definition) is 1. The molecule has 1 aliphatic heterocycles. The Bertz CT molecular complexity index is 984. The summed E-state index contributed by atoms with van der Waals surface area (Å²) < 4.78 is 11.0. The van der Waals surface area contributed by atoms with Crippen LogP contribution in [0.1, 0.15) is 11.1 Å². The van der Waals surface area contributed by atoms with Crippen LogP contribution in [-0.2, 0) is 11.2 Å². The van der Waals surface area contributed by atoms with E-state index in [-0.39, 0.29) is 11.7 Å². The zero-order valence-electron chi connectivity index (χ0n) is 15.5. The van der Waals surface area contributed by atoms with Crippen LogP contribution in [0.3, 0.4) is 0 Å². The third-order valence-electron chi connectivity index (χ3n) is 4.18. The molecule has 0 radical (unpaired) electrons. The maximum atomic E-state index is 13.0. The van der Waals surface area contributed by atoms with Crippen LogP contribution in [0.25, 0.3) is 6.08 Å². The van der Waals surface area contributed by atoms with E-state index < -0.39 is 0 Å². The molecule has 2 aromatic carbocycles. The van der Waals surface area contributed by atoms with Gasteiger partial charge in [-0.25, -0.2) is 0 Å². The van der Waals surface area contributed by atoms with Crippen molar-refractivity contribution in [3.63, 3.8) is 0 Å². The first-order valence-electron chi connectivity index (χ1n) is 8.42. The standard InChI is InChI=1S/C21H19NO4S2/c1-4-7-14-10-13(11-17(26-3)19(14)23)12-18-20(24)22(21(27)28-18)15-8-5-6-9-16(15)25-2/h4-6,8-12,23H,1,7H2,2-3H3/b18-12-. The Morgan fingerprint density at radius 1 is 1.21 bits per heavy atom. The summed E-state index contributed by atoms with van der Waals surface area (Å²) in [6.45, 7) is 3.71. The summed E-state index contributed by atoms with van der Waals surface area (Å²) in [5.74, 6) is 0.753. The predicted octanol–water partition coefficient (Wildman–Crippen LogP) is 4.54. The number of ether oxygens (including phenoxy) is 2. The zero-order valence-corrected chi connectivity index (χ0v) is 17.1. The molecule has 1 heterocycles. The van der Waals surface area contributed by atoms with E-state index in [9.17, 15) is 9.90 Å². The highest BCUT2D eigenvalue weighted by atomic mass is 32.2. The van der Waals surface area contributed by atoms with Gasteiger partial charge in [0, 0.05) is 5.56 Å². The second-order valence-electron chi connectivity index (χ2n) is 5.91. The number of carbonyl (C=O) groups is 1. The van der Waals surface area contributed by atoms with Gasteiger partial charge in [0.15, 0.2) is 15.8 Å². The van der Waals surface area contributed by atoms with Gasteiger partial charge in [0.25, 0.3) is 5.91 Å². The quantitative estimate of drug-likeness (QED) is 0.426. The number of phenolic OH excluding ortho intramolecular Hbond substituents is 1. The fourth-order valence-corrected chi connectivity index (χ4v) is 4.17. The fourth-order valence-electron chi connectivity index (χ4n) is 2.88. The average Bonchev–Trinajstić information content (AvgIpc) is 2.97. The lowest BCUT2D eigenvalue weighted by Crippen LogP contribution is -2.27. The Morgan fingerprint density at radius 2 is 1.93 bits per heavy atom. The lowest BCUT2D eigenvalue weighted by molar-refractivity contribution is -0.113. The third-order valence-corrected chi connectivity index (χ3v) is 5.48. The molecule has 5 nitrogen and oxygen atoms in total. The topological polar surface area (TPSA) is 59.0 Å². The summed E-state index contributed by atoms with van der Waals surface area (Å²) in [7, 11) is 3.04. The van der Waals surface area contributed by atoms with Crippen LogP contribution in [-0.4, -0.2) is 29.6 Å². The molecular weight excluding hydrogens is 394 g/mol. The number of para-hydroxylation sites is 2. The Morgan fingerprint density at radius 3 is 2.61 bits per heavy atom. The summed E-state index contributed by atoms with van der Waals surface area (Å²) >= 11 is 6.65. The number of methoxy groups -OCH3 is 2. The molecule has 7 heteroatoms. The summed E-state index contributed by atoms with van der Waals surface area (Å²) in [5.41, 5.74) is 2.00. The van der Waals surface area contributed by atoms with Gasteiger partial charge in [-0.2, -0.15) is 0 Å². The first kappa shape index (κ1) is 20.0. The summed E-state index contributed by atoms with van der Waals surface area (Å²) in [6, 6.07) is 10.7. The SMILES string of the molecule is C=CCc1cc(/C=C2\SC(=S)N(c3ccccc3OC)C2=O)cc(OC)c1O. The van der Waals surface area contributed by atoms with E-state index in [0.29, 0.717) is 38.4 Å². The Labute approximate surface area is 173 Å². The minimum absolute atomic E-state index is 0.0705. The molecular formula is C21H19NO4S2. The van der Waals surface area contributed by atoms with E-state index in [0.717, 1.165) is 5.56 Å². The molecule has 0 atom stereocenters. The van der Waals surface area contributed by atoms with Gasteiger partial charge >= 0.3 is 0 Å². The van der Waals surface area contributed by atoms with Crippen LogP contribution in [0.4, 0.5) is 5.69 Å². The molecule has 1 fully saturated rings. The number of aromatic hydroxyl groups is 1. The molecule has 0 aliphatic carbocycles. The number of nitrogens with zero attached hydrogens (tertiary/aromatic N) is 1. The maximum Gasteiger partial charge on any atom is 0.270 e. The molecule has 1 N–H and O–H groups in total. The molecule has 1 saturated heterocycles. The van der Waals surface area contributed by atoms with Crippen molar-refractivity contribution in [2.24, 2.45) is 0 Å². The second-order valence-corrected chi connectivity index (χ2v) is 7.59. The van der Waals surface area contributed by atoms with Gasteiger partial charge in [-0.1, -0.05) is 42.2 Å². The number of phenols is 1. The summed E-state index contributed by atoms with van der Waals surface area (Å²) in [5, 5.41) is 10.2. The second kappa shape index (κ2) is 8.50. The monoisotopic (exact) mass is 413 g/mol. The average molecular weight is 414 g/mol. The molecule has 1 aliphatic rings. The van der Waals surface area contributed by atoms with Crippen molar-refractivity contribution < 1.29 is 19.4 Å². The molecule has 144 valence electrons. The maximum absolute atomic E-state index is 13.0. The van der Waals surface area contributed by atoms with E-state index in [1.54, 1.807) is 43.5 Å². The normalized spacial score (nSPS) is 15.2. The fraction of sp³-hybridized carbons (Fsp3) is 0.143. The van der Waals surface area contributed by atoms with E-state index in [1.807, 2.05) is 12.1 Å². The molecule has 0 unspecified atom stereocenters. The highest BCUT2D eigenvalue weighted by Gasteiger charge is 2.34. The number of amides is 1. The van der Waals surface area contributed by atoms with Gasteiger partial charge in [0.05, 0.1) is 24.8 Å². The lowest BCUT2D eigenvalue weighted by atomic mass is 10.1. The van der Waals surface area contributed by atoms with Gasteiger partial charge in [-0.15, -0.1) is 6.58 Å². The molecule has 28 heavy (non-hydrogen) atoms. The zero-order chi connectivity index (χ0) is 20.3. The lowest BCUT2D eigenvalue weighted by Gasteiger charge is -2.17. The van der Waals surface area contributed by atoms with Crippen molar-refractivity contribution >= 4 is 46.0 Å². The minimum Gasteiger partial charge on any atom is -0.504 e. The summed E-state index contributed by atoms with van der Waals surface area (Å²) in [4.78, 5) is 15.0. The number of thioether (sulfide) groups is 1. The van der Waals surface area contributed by atoms with Crippen LogP contribution >= 0.6 is 24.0 Å². The highest BCUT2D eigenvalue weighted by Crippen LogP contribution is 2.40. The number of allylic oxidation sites excluding steroid dienone is 1. The van der Waals surface area contributed by atoms with Crippen molar-refractivity contribution in [1.82, 2.24) is 0 Å². The van der Waals surface area contributed by atoms with Crippen LogP contribution in [0, 0.1) is 0 Å². The Kier molecular flexibility index (Phi) is 6.06. The Balaban J connectivity index is 2.00. The van der Waals surface area contributed by atoms with Gasteiger partial charge < -0.3 is 14.6 Å². The van der Waals surface area contributed by atoms with Gasteiger partial charge in [0.2, 0.25) is 0 Å². The van der Waals surface area contributed by atoms with E-state index in [2.05, 4.69) is 6.58 Å². The molecule has 0 saturated carbocycles. The first-order valence-corrected chi connectivity index (χ1v) is 9.64. The van der Waals surface area contributed by atoms with Crippen molar-refractivity contribution in [2.75, 3.05) is 19.1 Å². The Hall–Kier alpha value is -2.77. The van der Waals surface area contributed by atoms with Crippen molar-refractivity contribution in [3.05, 3.63) is 65.1 Å². The number of carbonyl (C=O) groups excluding carboxylic acids is 1. The first-order chi connectivity index (χ1) is 13.5. The third kappa shape index (κ3) is 3.76. The summed E-state index contributed by atoms with van der Waals surface area (Å²) in [6.07, 6.45) is 3.91. The highest BCUT2D eigenvalue weighted by molar-refractivity contribution is 8.27. The van der Waals surface area contributed by atoms with Crippen LogP contribution in [0.5, 0.6) is 17.2 Å².